The third kappa shape index (κ3) is 2.90. The third-order valence-corrected chi connectivity index (χ3v) is 3.48. The number of halogens is 3. The molecule has 0 saturated carbocycles. The molecule has 1 rings (SSSR count). The molecule has 0 N–H and O–H groups in total. The molecule has 1 saturated heterocycles. The van der Waals surface area contributed by atoms with Gasteiger partial charge in [-0.2, -0.15) is 0 Å². The monoisotopic (exact) mass is 208 g/mol. The summed E-state index contributed by atoms with van der Waals surface area (Å²) in [5, 5.41) is 0. The van der Waals surface area contributed by atoms with Crippen LogP contribution in [0.4, 0.5) is 12.9 Å². The second kappa shape index (κ2) is 4.13. The van der Waals surface area contributed by atoms with Gasteiger partial charge in [-0.3, -0.25) is 0 Å². The zero-order chi connectivity index (χ0) is 10.8. The molecule has 0 unspecified atom stereocenters. The van der Waals surface area contributed by atoms with Crippen LogP contribution in [-0.2, 0) is 0 Å². The minimum absolute atomic E-state index is 0.154. The fraction of sp³-hybridized carbons (Fsp3) is 1.00. The van der Waals surface area contributed by atoms with Crippen molar-refractivity contribution in [3.05, 3.63) is 0 Å². The minimum atomic E-state index is -4.65. The Morgan fingerprint density at radius 3 is 2.14 bits per heavy atom. The summed E-state index contributed by atoms with van der Waals surface area (Å²) in [4.78, 5) is 1.56. The molecular formula is C9H18BF3N-. The second-order valence-corrected chi connectivity index (χ2v) is 4.40. The van der Waals surface area contributed by atoms with Gasteiger partial charge in [0.15, 0.2) is 0 Å². The van der Waals surface area contributed by atoms with Crippen molar-refractivity contribution in [2.75, 3.05) is 19.5 Å². The van der Waals surface area contributed by atoms with Crippen molar-refractivity contribution in [3.8, 4) is 0 Å². The fourth-order valence-corrected chi connectivity index (χ4v) is 2.30. The molecule has 0 amide bonds. The molecule has 14 heavy (non-hydrogen) atoms. The van der Waals surface area contributed by atoms with Crippen molar-refractivity contribution in [1.29, 1.82) is 0 Å². The summed E-state index contributed by atoms with van der Waals surface area (Å²) in [7, 11) is 0. The van der Waals surface area contributed by atoms with Crippen LogP contribution in [0.2, 0.25) is 0 Å². The fourth-order valence-electron chi connectivity index (χ4n) is 2.30. The molecule has 0 aromatic carbocycles. The Hall–Kier alpha value is -0.185. The van der Waals surface area contributed by atoms with E-state index in [-0.39, 0.29) is 5.41 Å². The lowest BCUT2D eigenvalue weighted by Crippen LogP contribution is -2.37. The molecule has 1 aliphatic heterocycles. The van der Waals surface area contributed by atoms with E-state index in [0.29, 0.717) is 13.1 Å². The van der Waals surface area contributed by atoms with Crippen LogP contribution in [0.25, 0.3) is 0 Å². The highest BCUT2D eigenvalue weighted by molar-refractivity contribution is 6.58. The number of hydrogen-bond acceptors (Lipinski definition) is 1. The highest BCUT2D eigenvalue weighted by Gasteiger charge is 2.37. The van der Waals surface area contributed by atoms with E-state index in [2.05, 4.69) is 13.8 Å². The Balaban J connectivity index is 2.48. The normalized spacial score (nSPS) is 22.9. The minimum Gasteiger partial charge on any atom is -0.448 e. The molecule has 0 aromatic rings. The van der Waals surface area contributed by atoms with Crippen LogP contribution in [-0.4, -0.2) is 31.4 Å². The van der Waals surface area contributed by atoms with Crippen LogP contribution >= 0.6 is 0 Å². The Kier molecular flexibility index (Phi) is 3.51. The number of rotatable bonds is 4. The molecule has 0 spiro atoms. The summed E-state index contributed by atoms with van der Waals surface area (Å²) < 4.78 is 36.6. The van der Waals surface area contributed by atoms with Crippen LogP contribution in [0.1, 0.15) is 33.1 Å². The topological polar surface area (TPSA) is 3.24 Å². The van der Waals surface area contributed by atoms with Gasteiger partial charge in [0.05, 0.1) is 0 Å². The zero-order valence-electron chi connectivity index (χ0n) is 8.90. The molecule has 0 atom stereocenters. The van der Waals surface area contributed by atoms with Crippen molar-refractivity contribution in [2.45, 2.75) is 33.1 Å². The maximum Gasteiger partial charge on any atom is 0.492 e. The van der Waals surface area contributed by atoms with Gasteiger partial charge in [-0.15, -0.1) is 0 Å². The number of likely N-dealkylation sites (tertiary alicyclic amines) is 1. The van der Waals surface area contributed by atoms with E-state index < -0.39 is 13.4 Å². The lowest BCUT2D eigenvalue weighted by molar-refractivity contribution is 0.244. The molecule has 0 bridgehead atoms. The van der Waals surface area contributed by atoms with Gasteiger partial charge >= 0.3 is 6.98 Å². The van der Waals surface area contributed by atoms with Gasteiger partial charge in [-0.1, -0.05) is 13.8 Å². The van der Waals surface area contributed by atoms with Gasteiger partial charge in [0.1, 0.15) is 0 Å². The first kappa shape index (κ1) is 11.9. The molecule has 84 valence electrons. The Bertz CT molecular complexity index is 189. The molecular weight excluding hydrogens is 190 g/mol. The Morgan fingerprint density at radius 1 is 1.21 bits per heavy atom. The quantitative estimate of drug-likeness (QED) is 0.642. The summed E-state index contributed by atoms with van der Waals surface area (Å²) in [6, 6.07) is 0. The summed E-state index contributed by atoms with van der Waals surface area (Å²) in [5.74, 6) is 0. The van der Waals surface area contributed by atoms with Crippen LogP contribution < -0.4 is 0 Å². The average Bonchev–Trinajstić information content (AvgIpc) is 2.46. The van der Waals surface area contributed by atoms with E-state index >= 15 is 0 Å². The van der Waals surface area contributed by atoms with E-state index in [1.54, 1.807) is 4.90 Å². The van der Waals surface area contributed by atoms with Crippen molar-refractivity contribution in [1.82, 2.24) is 4.90 Å². The van der Waals surface area contributed by atoms with E-state index in [1.807, 2.05) is 0 Å². The molecule has 0 aromatic heterocycles. The van der Waals surface area contributed by atoms with Crippen molar-refractivity contribution in [2.24, 2.45) is 5.41 Å². The molecule has 1 aliphatic rings. The molecule has 1 heterocycles. The van der Waals surface area contributed by atoms with Gasteiger partial charge in [0.2, 0.25) is 0 Å². The lowest BCUT2D eigenvalue weighted by Gasteiger charge is -2.28. The standard InChI is InChI=1S/C9H18BF3N/c1-3-9(4-2)5-6-14(7-9)8-10(11,12)13/h3-8H2,1-2H3/q-1. The molecule has 1 nitrogen and oxygen atoms in total. The van der Waals surface area contributed by atoms with E-state index in [9.17, 15) is 12.9 Å². The Morgan fingerprint density at radius 2 is 1.79 bits per heavy atom. The second-order valence-electron chi connectivity index (χ2n) is 4.40. The van der Waals surface area contributed by atoms with Crippen molar-refractivity contribution >= 4 is 6.98 Å². The summed E-state index contributed by atoms with van der Waals surface area (Å²) in [6.45, 7) is 0.743. The van der Waals surface area contributed by atoms with Crippen molar-refractivity contribution < 1.29 is 12.9 Å². The van der Waals surface area contributed by atoms with Crippen molar-refractivity contribution in [3.63, 3.8) is 0 Å². The van der Waals surface area contributed by atoms with Gasteiger partial charge < -0.3 is 17.8 Å². The first-order valence-corrected chi connectivity index (χ1v) is 5.34. The maximum atomic E-state index is 12.2. The molecule has 5 heteroatoms. The van der Waals surface area contributed by atoms with E-state index in [0.717, 1.165) is 19.3 Å². The van der Waals surface area contributed by atoms with Crippen LogP contribution in [0, 0.1) is 5.41 Å². The van der Waals surface area contributed by atoms with Gasteiger partial charge in [-0.25, -0.2) is 0 Å². The van der Waals surface area contributed by atoms with Crippen LogP contribution in [0.3, 0.4) is 0 Å². The predicted molar refractivity (Wildman–Crippen MR) is 53.2 cm³/mol. The summed E-state index contributed by atoms with van der Waals surface area (Å²) in [6.07, 6.45) is 2.23. The molecule has 1 fully saturated rings. The zero-order valence-corrected chi connectivity index (χ0v) is 8.90. The number of nitrogens with zero attached hydrogens (tertiary/aromatic N) is 1. The summed E-state index contributed by atoms with van der Waals surface area (Å²) >= 11 is 0. The lowest BCUT2D eigenvalue weighted by atomic mass is 9.81. The van der Waals surface area contributed by atoms with Gasteiger partial charge in [0, 0.05) is 6.54 Å². The Labute approximate surface area is 83.7 Å². The van der Waals surface area contributed by atoms with Gasteiger partial charge in [0.25, 0.3) is 0 Å². The van der Waals surface area contributed by atoms with Gasteiger partial charge in [-0.05, 0) is 37.7 Å². The van der Waals surface area contributed by atoms with Crippen LogP contribution in [0.5, 0.6) is 0 Å². The highest BCUT2D eigenvalue weighted by atomic mass is 19.4. The SMILES string of the molecule is CCC1(CC)CCN(C[B-](F)(F)F)C1. The largest absolute Gasteiger partial charge is 0.492 e. The maximum absolute atomic E-state index is 12.2. The predicted octanol–water partition coefficient (Wildman–Crippen LogP) is 2.89. The third-order valence-electron chi connectivity index (χ3n) is 3.48. The highest BCUT2D eigenvalue weighted by Crippen LogP contribution is 2.37. The van der Waals surface area contributed by atoms with E-state index in [1.165, 1.54) is 0 Å². The number of hydrogen-bond donors (Lipinski definition) is 0. The van der Waals surface area contributed by atoms with E-state index in [4.69, 9.17) is 0 Å². The molecule has 0 aliphatic carbocycles. The van der Waals surface area contributed by atoms with Crippen LogP contribution in [0.15, 0.2) is 0 Å². The smallest absolute Gasteiger partial charge is 0.448 e. The first-order valence-electron chi connectivity index (χ1n) is 5.34. The molecule has 0 radical (unpaired) electrons. The first-order chi connectivity index (χ1) is 6.41. The average molecular weight is 208 g/mol. The summed E-state index contributed by atoms with van der Waals surface area (Å²) in [5.41, 5.74) is 0.154.